The summed E-state index contributed by atoms with van der Waals surface area (Å²) in [4.78, 5) is 14.9. The van der Waals surface area contributed by atoms with Crippen molar-refractivity contribution in [3.63, 3.8) is 0 Å². The van der Waals surface area contributed by atoms with Gasteiger partial charge in [0, 0.05) is 18.0 Å². The van der Waals surface area contributed by atoms with Gasteiger partial charge in [-0.2, -0.15) is 0 Å². The highest BCUT2D eigenvalue weighted by molar-refractivity contribution is 9.10. The number of carbonyl (C=O) groups excluding carboxylic acids is 1. The third kappa shape index (κ3) is 3.55. The zero-order chi connectivity index (χ0) is 22.4. The first-order valence-corrected chi connectivity index (χ1v) is 10.9. The van der Waals surface area contributed by atoms with Crippen molar-refractivity contribution >= 4 is 21.8 Å². The van der Waals surface area contributed by atoms with Gasteiger partial charge >= 0.3 is 0 Å². The molecule has 8 nitrogen and oxygen atoms in total. The van der Waals surface area contributed by atoms with E-state index < -0.39 is 12.1 Å². The van der Waals surface area contributed by atoms with E-state index in [0.29, 0.717) is 4.47 Å². The summed E-state index contributed by atoms with van der Waals surface area (Å²) in [6, 6.07) is 5.91. The topological polar surface area (TPSA) is 114 Å². The summed E-state index contributed by atoms with van der Waals surface area (Å²) in [5.74, 6) is 0.0360. The third-order valence-electron chi connectivity index (χ3n) is 6.19. The van der Waals surface area contributed by atoms with Gasteiger partial charge < -0.3 is 25.0 Å². The number of rotatable bonds is 5. The normalized spacial score (nSPS) is 25.2. The molecule has 4 rings (SSSR count). The number of hydrazine groups is 1. The summed E-state index contributed by atoms with van der Waals surface area (Å²) < 4.78 is 5.77. The fraction of sp³-hybridized carbons (Fsp3) is 0.409. The molecule has 0 spiro atoms. The summed E-state index contributed by atoms with van der Waals surface area (Å²) in [6.07, 6.45) is 0. The van der Waals surface area contributed by atoms with E-state index in [1.165, 1.54) is 7.11 Å². The third-order valence-corrected chi connectivity index (χ3v) is 6.79. The van der Waals surface area contributed by atoms with Crippen molar-refractivity contribution in [2.45, 2.75) is 32.0 Å². The molecule has 9 heteroatoms. The van der Waals surface area contributed by atoms with E-state index >= 15 is 0 Å². The molecule has 2 aromatic carbocycles. The molecule has 0 saturated carbocycles. The van der Waals surface area contributed by atoms with Gasteiger partial charge in [0.05, 0.1) is 30.3 Å². The molecule has 0 bridgehead atoms. The number of aliphatic hydroxyl groups excluding tert-OH is 1. The SMILES string of the molecule is COc1cc(C2C3C(NNC3c3c(C)cc(C)cc3O)C(=O)N2CCO)cc(Br)c1O. The molecule has 31 heavy (non-hydrogen) atoms. The number of aryl methyl sites for hydroxylation is 2. The van der Waals surface area contributed by atoms with Gasteiger partial charge in [-0.3, -0.25) is 4.79 Å². The maximum atomic E-state index is 13.2. The summed E-state index contributed by atoms with van der Waals surface area (Å²) in [7, 11) is 1.47. The van der Waals surface area contributed by atoms with Crippen LogP contribution in [0.15, 0.2) is 28.7 Å². The number of nitrogens with one attached hydrogen (secondary N) is 2. The van der Waals surface area contributed by atoms with Gasteiger partial charge in [0.25, 0.3) is 0 Å². The Morgan fingerprint density at radius 1 is 1.13 bits per heavy atom. The number of nitrogens with zero attached hydrogens (tertiary/aromatic N) is 1. The number of carbonyl (C=O) groups is 1. The highest BCUT2D eigenvalue weighted by Crippen LogP contribution is 2.51. The Hall–Kier alpha value is -2.33. The standard InChI is InChI=1S/C22H26BrN3O5/c1-10-6-11(2)16(14(28)7-10)18-17-19(25-24-18)22(30)26(4-5-27)20(17)12-8-13(23)21(29)15(9-12)31-3/h6-9,17-20,24-25,27-29H,4-5H2,1-3H3. The van der Waals surface area contributed by atoms with Crippen LogP contribution < -0.4 is 15.6 Å². The van der Waals surface area contributed by atoms with Crippen LogP contribution in [0, 0.1) is 19.8 Å². The zero-order valence-corrected chi connectivity index (χ0v) is 19.1. The maximum absolute atomic E-state index is 13.2. The largest absolute Gasteiger partial charge is 0.508 e. The average molecular weight is 492 g/mol. The molecule has 0 radical (unpaired) electrons. The number of halogens is 1. The number of likely N-dealkylation sites (tertiary alicyclic amines) is 1. The van der Waals surface area contributed by atoms with Crippen LogP contribution >= 0.6 is 15.9 Å². The molecule has 0 aromatic heterocycles. The lowest BCUT2D eigenvalue weighted by Crippen LogP contribution is -2.42. The van der Waals surface area contributed by atoms with Gasteiger partial charge in [0.2, 0.25) is 5.91 Å². The first-order valence-electron chi connectivity index (χ1n) is 10.1. The van der Waals surface area contributed by atoms with Crippen molar-refractivity contribution in [3.8, 4) is 17.2 Å². The van der Waals surface area contributed by atoms with Gasteiger partial charge in [0.1, 0.15) is 11.8 Å². The molecule has 5 N–H and O–H groups in total. The van der Waals surface area contributed by atoms with E-state index in [2.05, 4.69) is 26.8 Å². The van der Waals surface area contributed by atoms with Crippen molar-refractivity contribution in [3.05, 3.63) is 51.0 Å². The molecular weight excluding hydrogens is 466 g/mol. The van der Waals surface area contributed by atoms with E-state index in [-0.39, 0.29) is 48.3 Å². The lowest BCUT2D eigenvalue weighted by Gasteiger charge is -2.32. The highest BCUT2D eigenvalue weighted by Gasteiger charge is 2.56. The zero-order valence-electron chi connectivity index (χ0n) is 17.5. The van der Waals surface area contributed by atoms with Crippen LogP contribution in [0.4, 0.5) is 0 Å². The fourth-order valence-electron chi connectivity index (χ4n) is 4.98. The lowest BCUT2D eigenvalue weighted by molar-refractivity contribution is -0.131. The number of methoxy groups -OCH3 is 1. The minimum Gasteiger partial charge on any atom is -0.508 e. The van der Waals surface area contributed by atoms with E-state index in [4.69, 9.17) is 4.74 Å². The number of amides is 1. The predicted molar refractivity (Wildman–Crippen MR) is 118 cm³/mol. The van der Waals surface area contributed by atoms with E-state index in [9.17, 15) is 20.1 Å². The first kappa shape index (κ1) is 21.9. The van der Waals surface area contributed by atoms with Crippen molar-refractivity contribution in [2.75, 3.05) is 20.3 Å². The van der Waals surface area contributed by atoms with Crippen molar-refractivity contribution < 1.29 is 24.9 Å². The number of phenolic OH excluding ortho intramolecular Hbond substituents is 2. The minimum atomic E-state index is -0.528. The van der Waals surface area contributed by atoms with Crippen LogP contribution in [0.2, 0.25) is 0 Å². The second-order valence-electron chi connectivity index (χ2n) is 8.09. The molecule has 4 unspecified atom stereocenters. The van der Waals surface area contributed by atoms with Crippen molar-refractivity contribution in [1.29, 1.82) is 0 Å². The van der Waals surface area contributed by atoms with Crippen LogP contribution in [-0.2, 0) is 4.79 Å². The number of benzene rings is 2. The molecule has 2 aromatic rings. The Kier molecular flexibility index (Phi) is 5.87. The number of fused-ring (bicyclic) bond motifs is 1. The second-order valence-corrected chi connectivity index (χ2v) is 8.94. The Labute approximate surface area is 188 Å². The van der Waals surface area contributed by atoms with Gasteiger partial charge in [-0.15, -0.1) is 0 Å². The number of hydrogen-bond donors (Lipinski definition) is 5. The number of ether oxygens (including phenoxy) is 1. The summed E-state index contributed by atoms with van der Waals surface area (Å²) in [5.41, 5.74) is 9.69. The molecule has 1 amide bonds. The lowest BCUT2D eigenvalue weighted by atomic mass is 9.81. The van der Waals surface area contributed by atoms with Crippen LogP contribution in [0.3, 0.4) is 0 Å². The molecule has 2 aliphatic rings. The summed E-state index contributed by atoms with van der Waals surface area (Å²) >= 11 is 3.37. The van der Waals surface area contributed by atoms with Crippen molar-refractivity contribution in [2.24, 2.45) is 5.92 Å². The monoisotopic (exact) mass is 491 g/mol. The quantitative estimate of drug-likeness (QED) is 0.435. The molecule has 2 fully saturated rings. The number of aliphatic hydroxyl groups is 1. The van der Waals surface area contributed by atoms with Crippen LogP contribution in [0.5, 0.6) is 17.2 Å². The van der Waals surface area contributed by atoms with Gasteiger partial charge in [-0.05, 0) is 64.7 Å². The molecular formula is C22H26BrN3O5. The number of hydrogen-bond acceptors (Lipinski definition) is 7. The Morgan fingerprint density at radius 2 is 1.84 bits per heavy atom. The highest BCUT2D eigenvalue weighted by atomic mass is 79.9. The molecule has 4 atom stereocenters. The maximum Gasteiger partial charge on any atom is 0.242 e. The Bertz CT molecular complexity index is 1010. The van der Waals surface area contributed by atoms with Crippen molar-refractivity contribution in [1.82, 2.24) is 15.8 Å². The second kappa shape index (κ2) is 8.31. The summed E-state index contributed by atoms with van der Waals surface area (Å²) in [6.45, 7) is 3.86. The molecule has 2 heterocycles. The number of phenols is 2. The Balaban J connectivity index is 1.86. The van der Waals surface area contributed by atoms with E-state index in [1.807, 2.05) is 19.9 Å². The van der Waals surface area contributed by atoms with Crippen LogP contribution in [0.1, 0.15) is 34.3 Å². The summed E-state index contributed by atoms with van der Waals surface area (Å²) in [5, 5.41) is 30.6. The fourth-order valence-corrected chi connectivity index (χ4v) is 5.44. The smallest absolute Gasteiger partial charge is 0.242 e. The number of aromatic hydroxyl groups is 2. The molecule has 0 aliphatic carbocycles. The average Bonchev–Trinajstić information content (AvgIpc) is 3.23. The van der Waals surface area contributed by atoms with E-state index in [0.717, 1.165) is 22.3 Å². The van der Waals surface area contributed by atoms with Crippen LogP contribution in [-0.4, -0.2) is 52.4 Å². The number of β-amino-alcohol motifs (C(OH)–C–C–N with tert-alkyl or cyclic N) is 1. The minimum absolute atomic E-state index is 0.0212. The first-order chi connectivity index (χ1) is 14.8. The molecule has 166 valence electrons. The van der Waals surface area contributed by atoms with Crippen LogP contribution in [0.25, 0.3) is 0 Å². The molecule has 2 aliphatic heterocycles. The molecule has 2 saturated heterocycles. The van der Waals surface area contributed by atoms with Gasteiger partial charge in [0.15, 0.2) is 11.5 Å². The van der Waals surface area contributed by atoms with Gasteiger partial charge in [-0.25, -0.2) is 10.9 Å². The predicted octanol–water partition coefficient (Wildman–Crippen LogP) is 2.20. The van der Waals surface area contributed by atoms with Gasteiger partial charge in [-0.1, -0.05) is 6.07 Å². The van der Waals surface area contributed by atoms with E-state index in [1.54, 1.807) is 23.1 Å². The Morgan fingerprint density at radius 3 is 2.48 bits per heavy atom.